The SMILES string of the molecule is C=CC(O[C]=O)C(=O)OCC[Si](C)(C)C. The molecule has 0 bridgehead atoms. The van der Waals surface area contributed by atoms with E-state index < -0.39 is 20.1 Å². The quantitative estimate of drug-likeness (QED) is 0.377. The highest BCUT2D eigenvalue weighted by Gasteiger charge is 2.19. The molecule has 0 fully saturated rings. The topological polar surface area (TPSA) is 52.6 Å². The third-order valence-corrected chi connectivity index (χ3v) is 3.42. The Bertz CT molecular complexity index is 232. The summed E-state index contributed by atoms with van der Waals surface area (Å²) in [5.74, 6) is -0.591. The van der Waals surface area contributed by atoms with Crippen molar-refractivity contribution in [2.75, 3.05) is 6.61 Å². The molecule has 0 rings (SSSR count). The van der Waals surface area contributed by atoms with Crippen LogP contribution in [0, 0.1) is 0 Å². The first-order chi connectivity index (χ1) is 6.90. The molecule has 0 aromatic carbocycles. The van der Waals surface area contributed by atoms with Gasteiger partial charge in [0.15, 0.2) is 0 Å². The van der Waals surface area contributed by atoms with E-state index in [1.807, 2.05) is 0 Å². The Morgan fingerprint density at radius 1 is 1.53 bits per heavy atom. The van der Waals surface area contributed by atoms with Gasteiger partial charge in [0.1, 0.15) is 0 Å². The van der Waals surface area contributed by atoms with Crippen LogP contribution in [0.1, 0.15) is 0 Å². The lowest BCUT2D eigenvalue weighted by Gasteiger charge is -2.16. The molecule has 1 atom stereocenters. The number of carbonyl (C=O) groups excluding carboxylic acids is 2. The van der Waals surface area contributed by atoms with Crippen molar-refractivity contribution < 1.29 is 19.1 Å². The maximum Gasteiger partial charge on any atom is 0.418 e. The normalized spacial score (nSPS) is 12.7. The smallest absolute Gasteiger partial charge is 0.418 e. The fraction of sp³-hybridized carbons (Fsp3) is 0.600. The molecule has 1 unspecified atom stereocenters. The Kier molecular flexibility index (Phi) is 5.92. The molecule has 85 valence electrons. The van der Waals surface area contributed by atoms with E-state index in [-0.39, 0.29) is 0 Å². The summed E-state index contributed by atoms with van der Waals surface area (Å²) in [5, 5.41) is 0. The molecule has 0 aliphatic rings. The summed E-state index contributed by atoms with van der Waals surface area (Å²) in [6.07, 6.45) is 0.172. The molecule has 0 saturated heterocycles. The van der Waals surface area contributed by atoms with Gasteiger partial charge in [0.2, 0.25) is 6.10 Å². The van der Waals surface area contributed by atoms with Crippen LogP contribution in [0.15, 0.2) is 12.7 Å². The highest BCUT2D eigenvalue weighted by molar-refractivity contribution is 6.76. The minimum absolute atomic E-state index is 0.362. The fourth-order valence-corrected chi connectivity index (χ4v) is 1.50. The number of rotatable bonds is 7. The molecule has 0 aromatic heterocycles. The minimum atomic E-state index is -1.21. The van der Waals surface area contributed by atoms with Crippen molar-refractivity contribution in [2.45, 2.75) is 31.8 Å². The molecule has 0 aliphatic heterocycles. The first-order valence-corrected chi connectivity index (χ1v) is 8.43. The third-order valence-electron chi connectivity index (χ3n) is 1.72. The summed E-state index contributed by atoms with van der Waals surface area (Å²) < 4.78 is 9.29. The molecular weight excluding hydrogens is 212 g/mol. The zero-order chi connectivity index (χ0) is 11.9. The van der Waals surface area contributed by atoms with Crippen LogP contribution < -0.4 is 0 Å². The second kappa shape index (κ2) is 6.39. The maximum absolute atomic E-state index is 11.3. The fourth-order valence-electron chi connectivity index (χ4n) is 0.784. The Hall–Kier alpha value is -1.10. The van der Waals surface area contributed by atoms with Gasteiger partial charge in [0.25, 0.3) is 0 Å². The van der Waals surface area contributed by atoms with Gasteiger partial charge < -0.3 is 9.47 Å². The zero-order valence-electron chi connectivity index (χ0n) is 9.41. The van der Waals surface area contributed by atoms with Crippen LogP contribution in [0.5, 0.6) is 0 Å². The van der Waals surface area contributed by atoms with Crippen molar-refractivity contribution in [3.8, 4) is 0 Å². The number of ether oxygens (including phenoxy) is 2. The second-order valence-corrected chi connectivity index (χ2v) is 9.96. The van der Waals surface area contributed by atoms with E-state index in [9.17, 15) is 9.59 Å². The van der Waals surface area contributed by atoms with E-state index in [0.717, 1.165) is 6.04 Å². The molecular formula is C10H17O4Si. The van der Waals surface area contributed by atoms with E-state index in [4.69, 9.17) is 4.74 Å². The average Bonchev–Trinajstić information content (AvgIpc) is 2.11. The lowest BCUT2D eigenvalue weighted by molar-refractivity contribution is -0.149. The monoisotopic (exact) mass is 229 g/mol. The molecule has 0 amide bonds. The molecule has 15 heavy (non-hydrogen) atoms. The van der Waals surface area contributed by atoms with Crippen molar-refractivity contribution >= 4 is 20.5 Å². The molecule has 4 nitrogen and oxygen atoms in total. The molecule has 0 spiro atoms. The lowest BCUT2D eigenvalue weighted by atomic mass is 10.3. The predicted molar refractivity (Wildman–Crippen MR) is 59.9 cm³/mol. The average molecular weight is 229 g/mol. The van der Waals surface area contributed by atoms with Crippen molar-refractivity contribution in [3.63, 3.8) is 0 Å². The first-order valence-electron chi connectivity index (χ1n) is 4.72. The van der Waals surface area contributed by atoms with Crippen molar-refractivity contribution in [1.82, 2.24) is 0 Å². The van der Waals surface area contributed by atoms with Gasteiger partial charge in [-0.15, -0.1) is 0 Å². The van der Waals surface area contributed by atoms with Crippen LogP contribution in [0.25, 0.3) is 0 Å². The van der Waals surface area contributed by atoms with E-state index >= 15 is 0 Å². The molecule has 5 heteroatoms. The Labute approximate surface area is 91.3 Å². The Morgan fingerprint density at radius 3 is 2.53 bits per heavy atom. The van der Waals surface area contributed by atoms with Gasteiger partial charge in [-0.05, 0) is 12.1 Å². The van der Waals surface area contributed by atoms with E-state index in [0.29, 0.717) is 6.61 Å². The zero-order valence-corrected chi connectivity index (χ0v) is 10.4. The van der Waals surface area contributed by atoms with Crippen LogP contribution >= 0.6 is 0 Å². The minimum Gasteiger partial charge on any atom is -0.463 e. The maximum atomic E-state index is 11.3. The molecule has 0 aliphatic carbocycles. The number of hydrogen-bond donors (Lipinski definition) is 0. The van der Waals surface area contributed by atoms with E-state index in [1.165, 1.54) is 12.5 Å². The first kappa shape index (κ1) is 13.9. The van der Waals surface area contributed by atoms with Crippen LogP contribution in [-0.4, -0.2) is 33.2 Å². The van der Waals surface area contributed by atoms with Gasteiger partial charge >= 0.3 is 12.4 Å². The van der Waals surface area contributed by atoms with Gasteiger partial charge in [-0.1, -0.05) is 26.2 Å². The number of carbonyl (C=O) groups is 1. The molecule has 0 heterocycles. The van der Waals surface area contributed by atoms with Gasteiger partial charge in [-0.3, -0.25) is 0 Å². The van der Waals surface area contributed by atoms with Gasteiger partial charge in [0.05, 0.1) is 6.61 Å². The van der Waals surface area contributed by atoms with Crippen LogP contribution in [0.3, 0.4) is 0 Å². The summed E-state index contributed by atoms with van der Waals surface area (Å²) in [6, 6.07) is 0.882. The summed E-state index contributed by atoms with van der Waals surface area (Å²) in [4.78, 5) is 21.2. The highest BCUT2D eigenvalue weighted by atomic mass is 28.3. The summed E-state index contributed by atoms with van der Waals surface area (Å²) >= 11 is 0. The summed E-state index contributed by atoms with van der Waals surface area (Å²) in [6.45, 7) is 11.5. The van der Waals surface area contributed by atoms with Crippen LogP contribution in [0.2, 0.25) is 25.7 Å². The third kappa shape index (κ3) is 6.90. The van der Waals surface area contributed by atoms with Crippen molar-refractivity contribution in [1.29, 1.82) is 0 Å². The highest BCUT2D eigenvalue weighted by Crippen LogP contribution is 2.08. The van der Waals surface area contributed by atoms with Gasteiger partial charge in [-0.2, -0.15) is 0 Å². The van der Waals surface area contributed by atoms with Crippen LogP contribution in [-0.2, 0) is 19.1 Å². The van der Waals surface area contributed by atoms with Crippen molar-refractivity contribution in [2.24, 2.45) is 0 Å². The second-order valence-electron chi connectivity index (χ2n) is 4.34. The van der Waals surface area contributed by atoms with E-state index in [2.05, 4.69) is 31.0 Å². The predicted octanol–water partition coefficient (Wildman–Crippen LogP) is 1.51. The largest absolute Gasteiger partial charge is 0.463 e. The number of esters is 1. The standard InChI is InChI=1S/C10H17O4Si/c1-5-9(14-8-11)10(12)13-6-7-15(2,3)4/h5,9H,1,6-7H2,2-4H3. The Morgan fingerprint density at radius 2 is 2.13 bits per heavy atom. The summed E-state index contributed by atoms with van der Waals surface area (Å²) in [5.41, 5.74) is 0. The Balaban J connectivity index is 3.91. The van der Waals surface area contributed by atoms with Crippen LogP contribution in [0.4, 0.5) is 0 Å². The van der Waals surface area contributed by atoms with Gasteiger partial charge in [0, 0.05) is 8.07 Å². The van der Waals surface area contributed by atoms with Crippen molar-refractivity contribution in [3.05, 3.63) is 12.7 Å². The van der Waals surface area contributed by atoms with E-state index in [1.54, 1.807) is 0 Å². The molecule has 0 N–H and O–H groups in total. The number of hydrogen-bond acceptors (Lipinski definition) is 4. The summed E-state index contributed by atoms with van der Waals surface area (Å²) in [7, 11) is -1.21. The molecule has 0 aromatic rings. The lowest BCUT2D eigenvalue weighted by Crippen LogP contribution is -2.27. The molecule has 0 saturated carbocycles. The molecule has 1 radical (unpaired) electrons. The van der Waals surface area contributed by atoms with Gasteiger partial charge in [-0.25, -0.2) is 9.59 Å².